The first-order valence-corrected chi connectivity index (χ1v) is 6.30. The van der Waals surface area contributed by atoms with Gasteiger partial charge in [-0.1, -0.05) is 18.2 Å². The predicted octanol–water partition coefficient (Wildman–Crippen LogP) is 3.09. The van der Waals surface area contributed by atoms with Gasteiger partial charge in [0.15, 0.2) is 0 Å². The van der Waals surface area contributed by atoms with Gasteiger partial charge in [0.2, 0.25) is 0 Å². The summed E-state index contributed by atoms with van der Waals surface area (Å²) in [6, 6.07) is 10.4. The van der Waals surface area contributed by atoms with Crippen molar-refractivity contribution in [2.45, 2.75) is 19.8 Å². The van der Waals surface area contributed by atoms with Gasteiger partial charge in [0.1, 0.15) is 0 Å². The van der Waals surface area contributed by atoms with Crippen molar-refractivity contribution in [3.8, 4) is 12.1 Å². The molecule has 1 aliphatic rings. The van der Waals surface area contributed by atoms with E-state index < -0.39 is 16.8 Å². The number of nitrogens with zero attached hydrogens (tertiary/aromatic N) is 4. The number of benzene rings is 1. The number of nitro groups is 1. The average molecular weight is 280 g/mol. The van der Waals surface area contributed by atoms with Crippen molar-refractivity contribution < 1.29 is 4.92 Å². The van der Waals surface area contributed by atoms with Crippen LogP contribution in [0.25, 0.3) is 0 Å². The summed E-state index contributed by atoms with van der Waals surface area (Å²) in [7, 11) is 0. The van der Waals surface area contributed by atoms with Gasteiger partial charge < -0.3 is 0 Å². The number of rotatable bonds is 2. The molecule has 1 aromatic carbocycles. The third kappa shape index (κ3) is 2.39. The molecule has 0 saturated heterocycles. The summed E-state index contributed by atoms with van der Waals surface area (Å²) in [5.41, 5.74) is 1.67. The topological polar surface area (TPSA) is 103 Å². The molecule has 2 rings (SSSR count). The second-order valence-electron chi connectivity index (χ2n) is 4.76. The molecule has 0 radical (unpaired) electrons. The van der Waals surface area contributed by atoms with Crippen molar-refractivity contribution >= 4 is 11.4 Å². The summed E-state index contributed by atoms with van der Waals surface area (Å²) in [5, 5.41) is 30.0. The van der Waals surface area contributed by atoms with Gasteiger partial charge in [-0.05, 0) is 13.8 Å². The van der Waals surface area contributed by atoms with Crippen molar-refractivity contribution in [3.05, 3.63) is 51.2 Å². The van der Waals surface area contributed by atoms with Crippen molar-refractivity contribution in [2.75, 3.05) is 0 Å². The van der Waals surface area contributed by atoms with Crippen LogP contribution in [0.15, 0.2) is 40.5 Å². The Morgan fingerprint density at radius 1 is 1.29 bits per heavy atom. The van der Waals surface area contributed by atoms with E-state index in [1.807, 2.05) is 0 Å². The Balaban J connectivity index is 2.72. The lowest BCUT2D eigenvalue weighted by molar-refractivity contribution is -0.385. The molecule has 0 aromatic heterocycles. The fourth-order valence-electron chi connectivity index (χ4n) is 2.60. The normalized spacial score (nSPS) is 21.2. The van der Waals surface area contributed by atoms with Crippen LogP contribution in [0, 0.1) is 38.7 Å². The zero-order chi connectivity index (χ0) is 15.6. The van der Waals surface area contributed by atoms with Crippen LogP contribution in [0.3, 0.4) is 0 Å². The Labute approximate surface area is 121 Å². The van der Waals surface area contributed by atoms with E-state index in [0.717, 1.165) is 0 Å². The van der Waals surface area contributed by atoms with Gasteiger partial charge >= 0.3 is 0 Å². The molecule has 0 saturated carbocycles. The van der Waals surface area contributed by atoms with Crippen molar-refractivity contribution in [1.82, 2.24) is 0 Å². The van der Waals surface area contributed by atoms with Gasteiger partial charge in [0.25, 0.3) is 5.69 Å². The van der Waals surface area contributed by atoms with Crippen LogP contribution in [-0.4, -0.2) is 10.6 Å². The number of aliphatic imine (C=N–C) groups is 1. The summed E-state index contributed by atoms with van der Waals surface area (Å²) < 4.78 is 0. The van der Waals surface area contributed by atoms with Gasteiger partial charge in [-0.25, -0.2) is 0 Å². The van der Waals surface area contributed by atoms with E-state index in [-0.39, 0.29) is 5.69 Å². The zero-order valence-corrected chi connectivity index (χ0v) is 11.6. The third-order valence-corrected chi connectivity index (χ3v) is 3.56. The standard InChI is InChI=1S/C15H12N4O2/c1-9-12(7-16)15(13(8-17)10(2)18-9)11-5-3-4-6-14(11)19(20)21/h3-6,12,15H,1-2H3. The molecule has 6 heteroatoms. The quantitative estimate of drug-likeness (QED) is 0.613. The summed E-state index contributed by atoms with van der Waals surface area (Å²) in [5.74, 6) is -1.33. The lowest BCUT2D eigenvalue weighted by atomic mass is 9.76. The predicted molar refractivity (Wildman–Crippen MR) is 76.4 cm³/mol. The number of para-hydroxylation sites is 1. The van der Waals surface area contributed by atoms with Crippen LogP contribution >= 0.6 is 0 Å². The van der Waals surface area contributed by atoms with Gasteiger partial charge in [0.05, 0.1) is 34.2 Å². The first-order valence-electron chi connectivity index (χ1n) is 6.30. The minimum atomic E-state index is -0.676. The van der Waals surface area contributed by atoms with Crippen LogP contribution in [0.4, 0.5) is 5.69 Å². The van der Waals surface area contributed by atoms with E-state index >= 15 is 0 Å². The Morgan fingerprint density at radius 3 is 2.52 bits per heavy atom. The number of hydrogen-bond donors (Lipinski definition) is 0. The number of allylic oxidation sites excluding steroid dienone is 2. The molecule has 0 aliphatic carbocycles. The average Bonchev–Trinajstić information content (AvgIpc) is 2.46. The minimum Gasteiger partial charge on any atom is -0.260 e. The van der Waals surface area contributed by atoms with E-state index in [1.54, 1.807) is 32.0 Å². The molecule has 0 N–H and O–H groups in total. The van der Waals surface area contributed by atoms with Crippen LogP contribution in [-0.2, 0) is 0 Å². The molecule has 0 spiro atoms. The van der Waals surface area contributed by atoms with Crippen LogP contribution in [0.2, 0.25) is 0 Å². The second-order valence-corrected chi connectivity index (χ2v) is 4.76. The highest BCUT2D eigenvalue weighted by molar-refractivity contribution is 5.90. The highest BCUT2D eigenvalue weighted by Gasteiger charge is 2.37. The monoisotopic (exact) mass is 280 g/mol. The summed E-state index contributed by atoms with van der Waals surface area (Å²) in [6.45, 7) is 3.38. The Kier molecular flexibility index (Phi) is 3.82. The number of hydrogen-bond acceptors (Lipinski definition) is 5. The zero-order valence-electron chi connectivity index (χ0n) is 11.6. The largest absolute Gasteiger partial charge is 0.273 e. The molecular weight excluding hydrogens is 268 g/mol. The molecule has 0 fully saturated rings. The van der Waals surface area contributed by atoms with Gasteiger partial charge in [0, 0.05) is 23.3 Å². The third-order valence-electron chi connectivity index (χ3n) is 3.56. The summed E-state index contributed by atoms with van der Waals surface area (Å²) in [4.78, 5) is 14.9. The van der Waals surface area contributed by atoms with Crippen molar-refractivity contribution in [3.63, 3.8) is 0 Å². The second kappa shape index (κ2) is 5.56. The Hall–Kier alpha value is -2.99. The fraction of sp³-hybridized carbons (Fsp3) is 0.267. The van der Waals surface area contributed by atoms with Crippen LogP contribution in [0.1, 0.15) is 25.3 Å². The molecule has 1 heterocycles. The molecule has 6 nitrogen and oxygen atoms in total. The first kappa shape index (κ1) is 14.4. The lowest BCUT2D eigenvalue weighted by Gasteiger charge is -2.26. The fourth-order valence-corrected chi connectivity index (χ4v) is 2.60. The van der Waals surface area contributed by atoms with E-state index in [9.17, 15) is 20.6 Å². The van der Waals surface area contributed by atoms with Crippen molar-refractivity contribution in [2.24, 2.45) is 10.9 Å². The summed E-state index contributed by atoms with van der Waals surface area (Å²) >= 11 is 0. The highest BCUT2D eigenvalue weighted by atomic mass is 16.6. The maximum Gasteiger partial charge on any atom is 0.273 e. The molecule has 0 amide bonds. The SMILES string of the molecule is CC1=NC(C)=C(C#N)C(c2ccccc2[N+](=O)[O-])C1C#N. The molecule has 1 aliphatic heterocycles. The number of nitro benzene ring substituents is 1. The number of nitriles is 2. The molecular formula is C15H12N4O2. The first-order chi connectivity index (χ1) is 10.0. The van der Waals surface area contributed by atoms with Gasteiger partial charge in [-0.3, -0.25) is 15.1 Å². The van der Waals surface area contributed by atoms with Crippen LogP contribution in [0.5, 0.6) is 0 Å². The van der Waals surface area contributed by atoms with Gasteiger partial charge in [-0.15, -0.1) is 0 Å². The Morgan fingerprint density at radius 2 is 1.95 bits per heavy atom. The summed E-state index contributed by atoms with van der Waals surface area (Å²) in [6.07, 6.45) is 0. The molecule has 1 aromatic rings. The van der Waals surface area contributed by atoms with Crippen molar-refractivity contribution in [1.29, 1.82) is 10.5 Å². The molecule has 104 valence electrons. The highest BCUT2D eigenvalue weighted by Crippen LogP contribution is 2.41. The molecule has 2 atom stereocenters. The lowest BCUT2D eigenvalue weighted by Crippen LogP contribution is -2.25. The van der Waals surface area contributed by atoms with E-state index in [4.69, 9.17) is 0 Å². The van der Waals surface area contributed by atoms with Gasteiger partial charge in [-0.2, -0.15) is 10.5 Å². The van der Waals surface area contributed by atoms with E-state index in [1.165, 1.54) is 6.07 Å². The van der Waals surface area contributed by atoms with E-state index in [2.05, 4.69) is 17.1 Å². The van der Waals surface area contributed by atoms with E-state index in [0.29, 0.717) is 22.5 Å². The molecule has 0 bridgehead atoms. The van der Waals surface area contributed by atoms with Crippen LogP contribution < -0.4 is 0 Å². The molecule has 2 unspecified atom stereocenters. The maximum atomic E-state index is 11.2. The smallest absolute Gasteiger partial charge is 0.260 e. The Bertz CT molecular complexity index is 750. The minimum absolute atomic E-state index is 0.0852. The molecule has 21 heavy (non-hydrogen) atoms. The maximum absolute atomic E-state index is 11.2.